The first-order chi connectivity index (χ1) is 10.0. The van der Waals surface area contributed by atoms with E-state index in [0.29, 0.717) is 23.0 Å². The van der Waals surface area contributed by atoms with Gasteiger partial charge >= 0.3 is 0 Å². The fourth-order valence-electron chi connectivity index (χ4n) is 2.16. The Kier molecular flexibility index (Phi) is 4.52. The van der Waals surface area contributed by atoms with E-state index >= 15 is 0 Å². The second kappa shape index (κ2) is 6.34. The Labute approximate surface area is 122 Å². The van der Waals surface area contributed by atoms with Gasteiger partial charge in [0.15, 0.2) is 0 Å². The van der Waals surface area contributed by atoms with E-state index in [9.17, 15) is 9.59 Å². The van der Waals surface area contributed by atoms with E-state index in [0.717, 1.165) is 0 Å². The second-order valence-corrected chi connectivity index (χ2v) is 5.27. The molecule has 1 atom stereocenters. The van der Waals surface area contributed by atoms with E-state index in [-0.39, 0.29) is 17.7 Å². The Morgan fingerprint density at radius 2 is 2.05 bits per heavy atom. The van der Waals surface area contributed by atoms with Crippen molar-refractivity contribution < 1.29 is 9.59 Å². The number of fused-ring (bicyclic) bond motifs is 1. The lowest BCUT2D eigenvalue weighted by molar-refractivity contribution is -0.122. The second-order valence-electron chi connectivity index (χ2n) is 5.27. The minimum atomic E-state index is -0.565. The number of H-pyrrole nitrogens is 1. The topological polar surface area (TPSA) is 99.8 Å². The first-order valence-electron chi connectivity index (χ1n) is 6.85. The van der Waals surface area contributed by atoms with Gasteiger partial charge in [-0.1, -0.05) is 19.9 Å². The van der Waals surface area contributed by atoms with Crippen LogP contribution in [0.4, 0.5) is 0 Å². The number of benzene rings is 1. The van der Waals surface area contributed by atoms with Crippen molar-refractivity contribution >= 4 is 22.8 Å². The van der Waals surface area contributed by atoms with Crippen molar-refractivity contribution in [3.8, 4) is 0 Å². The minimum absolute atomic E-state index is 0.204. The van der Waals surface area contributed by atoms with Crippen molar-refractivity contribution in [2.45, 2.75) is 26.3 Å². The molecule has 0 unspecified atom stereocenters. The molecule has 0 aliphatic heterocycles. The zero-order chi connectivity index (χ0) is 15.4. The molecule has 21 heavy (non-hydrogen) atoms. The third kappa shape index (κ3) is 3.36. The van der Waals surface area contributed by atoms with Gasteiger partial charge in [0.05, 0.1) is 5.56 Å². The maximum Gasteiger partial charge on any atom is 0.254 e. The van der Waals surface area contributed by atoms with Crippen LogP contribution in [0.3, 0.4) is 0 Å². The van der Waals surface area contributed by atoms with Gasteiger partial charge in [-0.15, -0.1) is 0 Å². The zero-order valence-corrected chi connectivity index (χ0v) is 12.3. The molecule has 2 amide bonds. The lowest BCUT2D eigenvalue weighted by atomic mass is 10.0. The number of hydrogen-bond acceptors (Lipinski definition) is 4. The van der Waals surface area contributed by atoms with Crippen LogP contribution in [0, 0.1) is 5.92 Å². The average Bonchev–Trinajstić information content (AvgIpc) is 2.93. The number of hydrogen-bond donors (Lipinski definition) is 3. The van der Waals surface area contributed by atoms with Gasteiger partial charge in [0.1, 0.15) is 17.1 Å². The summed E-state index contributed by atoms with van der Waals surface area (Å²) >= 11 is 0. The fourth-order valence-corrected chi connectivity index (χ4v) is 2.16. The van der Waals surface area contributed by atoms with Gasteiger partial charge in [-0.05, 0) is 24.5 Å². The molecular formula is C14H19N5O2. The Morgan fingerprint density at radius 3 is 2.71 bits per heavy atom. The summed E-state index contributed by atoms with van der Waals surface area (Å²) in [6.07, 6.45) is 0.570. The van der Waals surface area contributed by atoms with Gasteiger partial charge in [-0.25, -0.2) is 0 Å². The van der Waals surface area contributed by atoms with Gasteiger partial charge < -0.3 is 10.6 Å². The molecule has 112 valence electrons. The number of nitrogens with one attached hydrogen (secondary N) is 3. The van der Waals surface area contributed by atoms with Gasteiger partial charge in [-0.3, -0.25) is 9.59 Å². The largest absolute Gasteiger partial charge is 0.357 e. The Bertz CT molecular complexity index is 650. The lowest BCUT2D eigenvalue weighted by Gasteiger charge is -2.19. The third-order valence-electron chi connectivity index (χ3n) is 3.17. The van der Waals surface area contributed by atoms with Crippen molar-refractivity contribution in [2.24, 2.45) is 5.92 Å². The monoisotopic (exact) mass is 289 g/mol. The third-order valence-corrected chi connectivity index (χ3v) is 3.17. The van der Waals surface area contributed by atoms with Crippen molar-refractivity contribution in [1.82, 2.24) is 26.0 Å². The lowest BCUT2D eigenvalue weighted by Crippen LogP contribution is -2.46. The first kappa shape index (κ1) is 15.0. The summed E-state index contributed by atoms with van der Waals surface area (Å²) < 4.78 is 0. The first-order valence-corrected chi connectivity index (χ1v) is 6.85. The van der Waals surface area contributed by atoms with E-state index in [1.54, 1.807) is 25.2 Å². The molecule has 0 fully saturated rings. The summed E-state index contributed by atoms with van der Waals surface area (Å²) in [4.78, 5) is 24.3. The summed E-state index contributed by atoms with van der Waals surface area (Å²) in [7, 11) is 1.56. The molecule has 0 aliphatic carbocycles. The molecule has 1 aromatic carbocycles. The highest BCUT2D eigenvalue weighted by atomic mass is 16.2. The van der Waals surface area contributed by atoms with Crippen molar-refractivity contribution in [3.05, 3.63) is 23.8 Å². The Balaban J connectivity index is 2.22. The highest BCUT2D eigenvalue weighted by Crippen LogP contribution is 2.14. The maximum atomic E-state index is 12.4. The Morgan fingerprint density at radius 1 is 1.29 bits per heavy atom. The number of aromatic amines is 1. The summed E-state index contributed by atoms with van der Waals surface area (Å²) in [6.45, 7) is 4.00. The van der Waals surface area contributed by atoms with Crippen molar-refractivity contribution in [1.29, 1.82) is 0 Å². The number of para-hydroxylation sites is 1. The van der Waals surface area contributed by atoms with E-state index in [1.807, 2.05) is 13.8 Å². The predicted octanol–water partition coefficient (Wildman–Crippen LogP) is 0.848. The molecule has 0 saturated heterocycles. The SMILES string of the molecule is CNC(=O)[C@@H](CC(C)C)NC(=O)c1cccc2n[nH]nc12. The normalized spacial score (nSPS) is 12.4. The van der Waals surface area contributed by atoms with E-state index in [1.165, 1.54) is 0 Å². The summed E-state index contributed by atoms with van der Waals surface area (Å²) in [6, 6.07) is 4.60. The molecule has 0 aliphatic rings. The number of nitrogens with zero attached hydrogens (tertiary/aromatic N) is 2. The Hall–Kier alpha value is -2.44. The molecule has 0 saturated carbocycles. The van der Waals surface area contributed by atoms with Crippen LogP contribution in [-0.2, 0) is 4.79 Å². The van der Waals surface area contributed by atoms with Gasteiger partial charge in [0.25, 0.3) is 5.91 Å². The summed E-state index contributed by atoms with van der Waals surface area (Å²) in [5, 5.41) is 15.8. The van der Waals surface area contributed by atoms with Crippen LogP contribution in [0.1, 0.15) is 30.6 Å². The maximum absolute atomic E-state index is 12.4. The highest BCUT2D eigenvalue weighted by molar-refractivity contribution is 6.05. The molecule has 1 heterocycles. The molecule has 7 heteroatoms. The van der Waals surface area contributed by atoms with Crippen LogP contribution in [0.15, 0.2) is 18.2 Å². The van der Waals surface area contributed by atoms with Crippen LogP contribution in [0.5, 0.6) is 0 Å². The standard InChI is InChI=1S/C14H19N5O2/c1-8(2)7-11(14(21)15-3)16-13(20)9-5-4-6-10-12(9)18-19-17-10/h4-6,8,11H,7H2,1-3H3,(H,15,21)(H,16,20)(H,17,18,19)/t11-/m1/s1. The average molecular weight is 289 g/mol. The summed E-state index contributed by atoms with van der Waals surface area (Å²) in [5.74, 6) is -0.247. The van der Waals surface area contributed by atoms with Crippen molar-refractivity contribution in [2.75, 3.05) is 7.05 Å². The summed E-state index contributed by atoms with van der Waals surface area (Å²) in [5.41, 5.74) is 1.51. The molecule has 2 aromatic rings. The van der Waals surface area contributed by atoms with Crippen LogP contribution in [0.25, 0.3) is 11.0 Å². The molecule has 7 nitrogen and oxygen atoms in total. The van der Waals surface area contributed by atoms with Gasteiger partial charge in [0.2, 0.25) is 5.91 Å². The van der Waals surface area contributed by atoms with E-state index in [4.69, 9.17) is 0 Å². The van der Waals surface area contributed by atoms with Crippen LogP contribution < -0.4 is 10.6 Å². The minimum Gasteiger partial charge on any atom is -0.357 e. The predicted molar refractivity (Wildman–Crippen MR) is 78.7 cm³/mol. The number of likely N-dealkylation sites (N-methyl/N-ethyl adjacent to an activating group) is 1. The van der Waals surface area contributed by atoms with Crippen molar-refractivity contribution in [3.63, 3.8) is 0 Å². The van der Waals surface area contributed by atoms with E-state index < -0.39 is 6.04 Å². The quantitative estimate of drug-likeness (QED) is 0.759. The molecule has 0 bridgehead atoms. The van der Waals surface area contributed by atoms with Crippen LogP contribution in [-0.4, -0.2) is 40.3 Å². The van der Waals surface area contributed by atoms with E-state index in [2.05, 4.69) is 26.0 Å². The number of carbonyl (C=O) groups is 2. The highest BCUT2D eigenvalue weighted by Gasteiger charge is 2.22. The molecule has 2 rings (SSSR count). The number of carbonyl (C=O) groups excluding carboxylic acids is 2. The molecule has 0 radical (unpaired) electrons. The number of rotatable bonds is 5. The molecular weight excluding hydrogens is 270 g/mol. The van der Waals surface area contributed by atoms with Crippen LogP contribution in [0.2, 0.25) is 0 Å². The number of amides is 2. The van der Waals surface area contributed by atoms with Gasteiger partial charge in [0, 0.05) is 7.05 Å². The molecule has 0 spiro atoms. The zero-order valence-electron chi connectivity index (χ0n) is 12.3. The van der Waals surface area contributed by atoms with Gasteiger partial charge in [-0.2, -0.15) is 15.4 Å². The molecule has 3 N–H and O–H groups in total. The van der Waals surface area contributed by atoms with Crippen LogP contribution >= 0.6 is 0 Å². The fraction of sp³-hybridized carbons (Fsp3) is 0.429. The smallest absolute Gasteiger partial charge is 0.254 e. The molecule has 1 aromatic heterocycles. The number of aromatic nitrogens is 3.